The van der Waals surface area contributed by atoms with Crippen LogP contribution in [-0.4, -0.2) is 30.1 Å². The van der Waals surface area contributed by atoms with Crippen molar-refractivity contribution in [3.63, 3.8) is 0 Å². The van der Waals surface area contributed by atoms with Gasteiger partial charge in [-0.1, -0.05) is 11.6 Å². The maximum atomic E-state index is 9.32. The van der Waals surface area contributed by atoms with Crippen LogP contribution in [0, 0.1) is 25.2 Å². The van der Waals surface area contributed by atoms with Crippen LogP contribution in [0.15, 0.2) is 24.5 Å². The zero-order valence-electron chi connectivity index (χ0n) is 14.4. The molecule has 1 aromatic carbocycles. The van der Waals surface area contributed by atoms with Gasteiger partial charge in [-0.05, 0) is 26.0 Å². The minimum atomic E-state index is 0.0340. The number of fused-ring (bicyclic) bond motifs is 1. The summed E-state index contributed by atoms with van der Waals surface area (Å²) < 4.78 is 0. The third-order valence-electron chi connectivity index (χ3n) is 4.24. The summed E-state index contributed by atoms with van der Waals surface area (Å²) >= 11 is 6.37. The molecule has 3 N–H and O–H groups in total. The zero-order chi connectivity index (χ0) is 19.1. The summed E-state index contributed by atoms with van der Waals surface area (Å²) in [7, 11) is 0. The van der Waals surface area contributed by atoms with Gasteiger partial charge in [0.05, 0.1) is 34.3 Å². The molecule has 9 heteroatoms. The van der Waals surface area contributed by atoms with Crippen LogP contribution in [0.25, 0.3) is 33.5 Å². The second kappa shape index (κ2) is 6.30. The maximum Gasteiger partial charge on any atom is 0.183 e. The first-order chi connectivity index (χ1) is 13.0. The van der Waals surface area contributed by atoms with Crippen molar-refractivity contribution in [1.29, 1.82) is 5.26 Å². The van der Waals surface area contributed by atoms with Gasteiger partial charge >= 0.3 is 0 Å². The third-order valence-corrected chi connectivity index (χ3v) is 4.54. The second-order valence-corrected chi connectivity index (χ2v) is 6.39. The number of nitriles is 1. The van der Waals surface area contributed by atoms with Gasteiger partial charge in [0.2, 0.25) is 0 Å². The number of H-pyrrole nitrogens is 1. The van der Waals surface area contributed by atoms with E-state index >= 15 is 0 Å². The first-order valence-corrected chi connectivity index (χ1v) is 8.37. The number of hydrogen-bond acceptors (Lipinski definition) is 7. The van der Waals surface area contributed by atoms with Crippen molar-refractivity contribution in [3.05, 3.63) is 46.6 Å². The van der Waals surface area contributed by atoms with Gasteiger partial charge in [0.25, 0.3) is 0 Å². The number of nitrogens with zero attached hydrogens (tertiary/aromatic N) is 6. The van der Waals surface area contributed by atoms with Crippen molar-refractivity contribution in [2.24, 2.45) is 0 Å². The molecule has 0 amide bonds. The average Bonchev–Trinajstić information content (AvgIpc) is 3.13. The summed E-state index contributed by atoms with van der Waals surface area (Å²) in [4.78, 5) is 17.7. The minimum Gasteiger partial charge on any atom is -0.381 e. The fourth-order valence-electron chi connectivity index (χ4n) is 2.72. The quantitative estimate of drug-likeness (QED) is 0.549. The summed E-state index contributed by atoms with van der Waals surface area (Å²) in [6.45, 7) is 3.73. The number of benzene rings is 1. The molecular weight excluding hydrogens is 364 g/mol. The molecule has 132 valence electrons. The number of nitrogens with one attached hydrogen (secondary N) is 1. The molecule has 0 bridgehead atoms. The lowest BCUT2D eigenvalue weighted by atomic mass is 10.1. The number of hydrogen-bond donors (Lipinski definition) is 2. The Morgan fingerprint density at radius 1 is 1.07 bits per heavy atom. The largest absolute Gasteiger partial charge is 0.381 e. The Hall–Kier alpha value is -3.57. The van der Waals surface area contributed by atoms with E-state index in [1.807, 2.05) is 26.0 Å². The van der Waals surface area contributed by atoms with E-state index in [0.717, 1.165) is 22.3 Å². The fraction of sp³-hybridized carbons (Fsp3) is 0.111. The number of rotatable bonds is 2. The molecule has 0 aliphatic rings. The van der Waals surface area contributed by atoms with Crippen LogP contribution in [0.4, 0.5) is 5.82 Å². The molecule has 3 heterocycles. The molecule has 8 nitrogen and oxygen atoms in total. The monoisotopic (exact) mass is 376 g/mol. The van der Waals surface area contributed by atoms with E-state index in [2.05, 4.69) is 30.1 Å². The van der Waals surface area contributed by atoms with Crippen molar-refractivity contribution in [1.82, 2.24) is 30.1 Å². The van der Waals surface area contributed by atoms with E-state index in [9.17, 15) is 5.26 Å². The maximum absolute atomic E-state index is 9.32. The SMILES string of the molecule is Cc1ncc(-c2nc(N)c(C#N)nc2-c2cc(Cl)c3[nH]ncc3c2)nc1C. The highest BCUT2D eigenvalue weighted by Crippen LogP contribution is 2.34. The van der Waals surface area contributed by atoms with Crippen LogP contribution in [0.3, 0.4) is 0 Å². The molecular formula is C18H13ClN8. The number of nitrogen functional groups attached to an aromatic ring is 1. The molecule has 0 fully saturated rings. The number of anilines is 1. The Bertz CT molecular complexity index is 1240. The van der Waals surface area contributed by atoms with Crippen LogP contribution in [0.1, 0.15) is 17.1 Å². The molecule has 4 aromatic rings. The van der Waals surface area contributed by atoms with Crippen LogP contribution in [0.5, 0.6) is 0 Å². The second-order valence-electron chi connectivity index (χ2n) is 5.98. The van der Waals surface area contributed by atoms with E-state index in [4.69, 9.17) is 17.3 Å². The zero-order valence-corrected chi connectivity index (χ0v) is 15.2. The predicted molar refractivity (Wildman–Crippen MR) is 102 cm³/mol. The van der Waals surface area contributed by atoms with E-state index in [1.165, 1.54) is 0 Å². The molecule has 0 aliphatic carbocycles. The van der Waals surface area contributed by atoms with Crippen LogP contribution >= 0.6 is 11.6 Å². The highest BCUT2D eigenvalue weighted by atomic mass is 35.5. The van der Waals surface area contributed by atoms with Gasteiger partial charge in [-0.2, -0.15) is 10.4 Å². The standard InChI is InChI=1S/C18H13ClN8/c1-8-9(2)24-14(7-22-8)17-16(25-13(5-20)18(21)26-17)10-3-11-6-23-27-15(11)12(19)4-10/h3-4,6-7H,1-2H3,(H2,21,26)(H,23,27). The molecule has 0 spiro atoms. The predicted octanol–water partition coefficient (Wildman–Crippen LogP) is 3.20. The molecule has 27 heavy (non-hydrogen) atoms. The van der Waals surface area contributed by atoms with Crippen molar-refractivity contribution in [2.75, 3.05) is 5.73 Å². The number of aromatic nitrogens is 6. The molecule has 0 radical (unpaired) electrons. The van der Waals surface area contributed by atoms with Crippen molar-refractivity contribution >= 4 is 28.3 Å². The van der Waals surface area contributed by atoms with E-state index in [-0.39, 0.29) is 11.5 Å². The van der Waals surface area contributed by atoms with Crippen molar-refractivity contribution in [3.8, 4) is 28.7 Å². The summed E-state index contributed by atoms with van der Waals surface area (Å²) in [6, 6.07) is 5.57. The summed E-state index contributed by atoms with van der Waals surface area (Å²) in [6.07, 6.45) is 3.27. The van der Waals surface area contributed by atoms with E-state index < -0.39 is 0 Å². The molecule has 3 aromatic heterocycles. The van der Waals surface area contributed by atoms with E-state index in [1.54, 1.807) is 18.5 Å². The molecule has 0 unspecified atom stereocenters. The number of aromatic amines is 1. The van der Waals surface area contributed by atoms with Crippen molar-refractivity contribution < 1.29 is 0 Å². The van der Waals surface area contributed by atoms with Crippen molar-refractivity contribution in [2.45, 2.75) is 13.8 Å². The Balaban J connectivity index is 2.02. The third kappa shape index (κ3) is 2.84. The van der Waals surface area contributed by atoms with E-state index in [0.29, 0.717) is 27.7 Å². The van der Waals surface area contributed by atoms with Gasteiger partial charge in [0.1, 0.15) is 23.2 Å². The van der Waals surface area contributed by atoms with Gasteiger partial charge in [0.15, 0.2) is 11.5 Å². The lowest BCUT2D eigenvalue weighted by Gasteiger charge is -2.11. The van der Waals surface area contributed by atoms with Gasteiger partial charge in [-0.25, -0.2) is 15.0 Å². The fourth-order valence-corrected chi connectivity index (χ4v) is 2.99. The van der Waals surface area contributed by atoms with Crippen LogP contribution < -0.4 is 5.73 Å². The van der Waals surface area contributed by atoms with Gasteiger partial charge in [-0.3, -0.25) is 10.1 Å². The number of nitrogens with two attached hydrogens (primary N) is 1. The Labute approximate surface area is 159 Å². The van der Waals surface area contributed by atoms with Gasteiger partial charge in [-0.15, -0.1) is 0 Å². The normalized spacial score (nSPS) is 10.9. The Morgan fingerprint density at radius 2 is 1.89 bits per heavy atom. The first-order valence-electron chi connectivity index (χ1n) is 7.99. The molecule has 0 saturated heterocycles. The first kappa shape index (κ1) is 16.9. The number of halogens is 1. The Kier molecular flexibility index (Phi) is 3.94. The molecule has 4 rings (SSSR count). The molecule has 0 atom stereocenters. The topological polar surface area (TPSA) is 130 Å². The molecule has 0 aliphatic heterocycles. The summed E-state index contributed by atoms with van der Waals surface area (Å²) in [5.74, 6) is 0.0340. The van der Waals surface area contributed by atoms with Gasteiger partial charge in [0, 0.05) is 10.9 Å². The Morgan fingerprint density at radius 3 is 2.63 bits per heavy atom. The lowest BCUT2D eigenvalue weighted by Crippen LogP contribution is -2.05. The summed E-state index contributed by atoms with van der Waals surface area (Å²) in [5, 5.41) is 17.5. The smallest absolute Gasteiger partial charge is 0.183 e. The van der Waals surface area contributed by atoms with Crippen LogP contribution in [-0.2, 0) is 0 Å². The lowest BCUT2D eigenvalue weighted by molar-refractivity contribution is 1.04. The highest BCUT2D eigenvalue weighted by molar-refractivity contribution is 6.35. The molecule has 0 saturated carbocycles. The minimum absolute atomic E-state index is 0.0340. The summed E-state index contributed by atoms with van der Waals surface area (Å²) in [5.41, 5.74) is 10.3. The number of aryl methyl sites for hydroxylation is 2. The van der Waals surface area contributed by atoms with Gasteiger partial charge < -0.3 is 5.73 Å². The van der Waals surface area contributed by atoms with Crippen LogP contribution in [0.2, 0.25) is 5.02 Å². The average molecular weight is 377 g/mol. The highest BCUT2D eigenvalue weighted by Gasteiger charge is 2.19.